The average Bonchev–Trinajstić information content (AvgIpc) is 3.27. The predicted molar refractivity (Wildman–Crippen MR) is 159 cm³/mol. The number of rotatable bonds is 19. The topological polar surface area (TPSA) is 26.3 Å². The molecule has 2 rings (SSSR count). The average molecular weight is 523 g/mol. The highest BCUT2D eigenvalue weighted by atomic mass is 35.5. The van der Waals surface area contributed by atoms with Crippen molar-refractivity contribution < 1.29 is 9.53 Å². The number of ether oxygens (including phenoxy) is 1. The number of hydrogen-bond acceptors (Lipinski definition) is 2. The molecule has 0 bridgehead atoms. The van der Waals surface area contributed by atoms with Crippen molar-refractivity contribution in [1.29, 1.82) is 0 Å². The van der Waals surface area contributed by atoms with Gasteiger partial charge in [0.25, 0.3) is 0 Å². The minimum atomic E-state index is -0.0333. The molecule has 3 heteroatoms. The minimum absolute atomic E-state index is 0.0333. The zero-order valence-electron chi connectivity index (χ0n) is 24.2. The van der Waals surface area contributed by atoms with Gasteiger partial charge in [-0.3, -0.25) is 4.79 Å². The molecule has 2 nitrogen and oxygen atoms in total. The Hall–Kier alpha value is -0.760. The maximum Gasteiger partial charge on any atom is 0.305 e. The molecule has 0 heterocycles. The smallest absolute Gasteiger partial charge is 0.305 e. The summed E-state index contributed by atoms with van der Waals surface area (Å²) >= 11 is 6.11. The molecule has 36 heavy (non-hydrogen) atoms. The summed E-state index contributed by atoms with van der Waals surface area (Å²) in [5, 5.41) is 0.447. The second kappa shape index (κ2) is 22.2. The lowest BCUT2D eigenvalue weighted by molar-refractivity contribution is -0.143. The fourth-order valence-electron chi connectivity index (χ4n) is 5.47. The van der Waals surface area contributed by atoms with Gasteiger partial charge in [0.1, 0.15) is 0 Å². The first-order chi connectivity index (χ1) is 17.5. The third kappa shape index (κ3) is 16.9. The van der Waals surface area contributed by atoms with Crippen LogP contribution in [0.3, 0.4) is 0 Å². The van der Waals surface area contributed by atoms with Crippen molar-refractivity contribution in [2.24, 2.45) is 11.3 Å². The molecular weight excluding hydrogens is 464 g/mol. The van der Waals surface area contributed by atoms with Crippen molar-refractivity contribution in [3.8, 4) is 0 Å². The van der Waals surface area contributed by atoms with Crippen LogP contribution in [-0.4, -0.2) is 18.0 Å². The molecule has 2 atom stereocenters. The Balaban J connectivity index is 0.000000367. The number of halogens is 1. The molecule has 0 radical (unpaired) electrons. The fourth-order valence-corrected chi connectivity index (χ4v) is 5.83. The van der Waals surface area contributed by atoms with E-state index in [1.54, 1.807) is 0 Å². The van der Waals surface area contributed by atoms with Gasteiger partial charge in [-0.2, -0.15) is 0 Å². The Morgan fingerprint density at radius 1 is 0.917 bits per heavy atom. The quantitative estimate of drug-likeness (QED) is 0.0729. The fraction of sp³-hybridized carbons (Fsp3) is 0.848. The Labute approximate surface area is 230 Å². The molecule has 2 aliphatic rings. The van der Waals surface area contributed by atoms with E-state index in [1.165, 1.54) is 109 Å². The van der Waals surface area contributed by atoms with Crippen LogP contribution < -0.4 is 0 Å². The largest absolute Gasteiger partial charge is 0.466 e. The van der Waals surface area contributed by atoms with E-state index >= 15 is 0 Å². The maximum atomic E-state index is 11.4. The van der Waals surface area contributed by atoms with E-state index in [-0.39, 0.29) is 5.97 Å². The van der Waals surface area contributed by atoms with Crippen LogP contribution in [0, 0.1) is 11.3 Å². The van der Waals surface area contributed by atoms with Crippen molar-refractivity contribution in [3.05, 3.63) is 24.3 Å². The number of esters is 1. The molecule has 210 valence electrons. The number of hydrogen-bond donors (Lipinski definition) is 0. The third-order valence-electron chi connectivity index (χ3n) is 8.32. The van der Waals surface area contributed by atoms with Crippen LogP contribution in [-0.2, 0) is 9.53 Å². The third-order valence-corrected chi connectivity index (χ3v) is 8.72. The van der Waals surface area contributed by atoms with Gasteiger partial charge in [-0.15, -0.1) is 11.6 Å². The number of carbonyl (C=O) groups is 1. The minimum Gasteiger partial charge on any atom is -0.466 e. The summed E-state index contributed by atoms with van der Waals surface area (Å²) in [5.41, 5.74) is 0.731. The van der Waals surface area contributed by atoms with Crippen LogP contribution in [0.15, 0.2) is 24.3 Å². The molecular formula is C33H59ClO2. The number of alkyl halides is 1. The highest BCUT2D eigenvalue weighted by Crippen LogP contribution is 2.47. The van der Waals surface area contributed by atoms with E-state index in [2.05, 4.69) is 32.1 Å². The monoisotopic (exact) mass is 522 g/mol. The lowest BCUT2D eigenvalue weighted by Gasteiger charge is -2.41. The maximum absolute atomic E-state index is 11.4. The molecule has 2 fully saturated rings. The lowest BCUT2D eigenvalue weighted by atomic mass is 9.64. The van der Waals surface area contributed by atoms with E-state index in [0.29, 0.717) is 18.4 Å². The second-order valence-corrected chi connectivity index (χ2v) is 12.0. The van der Waals surface area contributed by atoms with Crippen molar-refractivity contribution >= 4 is 17.6 Å². The Morgan fingerprint density at radius 2 is 1.61 bits per heavy atom. The van der Waals surface area contributed by atoms with Gasteiger partial charge in [0.05, 0.1) is 6.61 Å². The molecule has 0 spiro atoms. The van der Waals surface area contributed by atoms with Crippen LogP contribution in [0.25, 0.3) is 0 Å². The summed E-state index contributed by atoms with van der Waals surface area (Å²) in [6.07, 6.45) is 35.3. The van der Waals surface area contributed by atoms with Crippen LogP contribution in [0.2, 0.25) is 0 Å². The van der Waals surface area contributed by atoms with Gasteiger partial charge < -0.3 is 4.74 Å². The molecule has 0 saturated heterocycles. The van der Waals surface area contributed by atoms with E-state index in [0.717, 1.165) is 30.6 Å². The van der Waals surface area contributed by atoms with Gasteiger partial charge in [-0.1, -0.05) is 102 Å². The Bertz CT molecular complexity index is 573. The molecule has 2 saturated carbocycles. The first-order valence-electron chi connectivity index (χ1n) is 15.6. The van der Waals surface area contributed by atoms with Gasteiger partial charge in [0.2, 0.25) is 0 Å². The van der Waals surface area contributed by atoms with Crippen molar-refractivity contribution in [3.63, 3.8) is 0 Å². The number of carbonyl (C=O) groups excluding carboxylic acids is 1. The van der Waals surface area contributed by atoms with Gasteiger partial charge in [-0.05, 0) is 82.5 Å². The molecule has 0 aromatic heterocycles. The molecule has 0 aromatic carbocycles. The number of allylic oxidation sites excluding steroid dienone is 4. The van der Waals surface area contributed by atoms with Crippen LogP contribution >= 0.6 is 11.6 Å². The predicted octanol–water partition coefficient (Wildman–Crippen LogP) is 11.1. The van der Waals surface area contributed by atoms with E-state index < -0.39 is 0 Å². The standard InChI is InChI=1S/C18H34O2.C15H25Cl/c1-3-5-7-9-10-11-12-13-15-17-20-18(19)16-14-8-6-4-2;1-2-15(10-5-11-15)9-4-3-6-13-7-8-14(16)12-13/h4,6H,3,5,7-17H2,1-2H3;3,6,13-14H,2,4-5,7-12H2,1H3/b6-4-;6-3+. The highest BCUT2D eigenvalue weighted by Gasteiger charge is 2.33. The van der Waals surface area contributed by atoms with Crippen LogP contribution in [0.1, 0.15) is 156 Å². The zero-order valence-corrected chi connectivity index (χ0v) is 25.0. The zero-order chi connectivity index (χ0) is 26.3. The molecule has 0 aromatic rings. The Kier molecular flexibility index (Phi) is 20.6. The summed E-state index contributed by atoms with van der Waals surface area (Å²) in [6.45, 7) is 7.22. The molecule has 0 aliphatic heterocycles. The van der Waals surface area contributed by atoms with Crippen LogP contribution in [0.4, 0.5) is 0 Å². The van der Waals surface area contributed by atoms with Crippen molar-refractivity contribution in [1.82, 2.24) is 0 Å². The van der Waals surface area contributed by atoms with Gasteiger partial charge >= 0.3 is 5.97 Å². The number of unbranched alkanes of at least 4 members (excludes halogenated alkanes) is 9. The summed E-state index contributed by atoms with van der Waals surface area (Å²) in [6, 6.07) is 0. The molecule has 0 N–H and O–H groups in total. The summed E-state index contributed by atoms with van der Waals surface area (Å²) in [7, 11) is 0. The first kappa shape index (κ1) is 33.3. The van der Waals surface area contributed by atoms with Crippen LogP contribution in [0.5, 0.6) is 0 Å². The molecule has 2 aliphatic carbocycles. The second-order valence-electron chi connectivity index (χ2n) is 11.4. The lowest BCUT2D eigenvalue weighted by Crippen LogP contribution is -2.28. The van der Waals surface area contributed by atoms with E-state index in [4.69, 9.17) is 16.3 Å². The van der Waals surface area contributed by atoms with Crippen molar-refractivity contribution in [2.75, 3.05) is 6.61 Å². The van der Waals surface area contributed by atoms with Gasteiger partial charge in [0, 0.05) is 11.8 Å². The highest BCUT2D eigenvalue weighted by molar-refractivity contribution is 6.20. The molecule has 2 unspecified atom stereocenters. The van der Waals surface area contributed by atoms with Crippen molar-refractivity contribution in [2.45, 2.75) is 161 Å². The van der Waals surface area contributed by atoms with Gasteiger partial charge in [-0.25, -0.2) is 0 Å². The molecule has 0 amide bonds. The van der Waals surface area contributed by atoms with Gasteiger partial charge in [0.15, 0.2) is 0 Å². The Morgan fingerprint density at radius 3 is 2.17 bits per heavy atom. The SMILES string of the molecule is C/C=C\CCCC(=O)OCCCCCCCCCCC.CCC1(CC/C=C/C2CCC(Cl)C2)CCC1. The summed E-state index contributed by atoms with van der Waals surface area (Å²) in [4.78, 5) is 11.4. The van der Waals surface area contributed by atoms with E-state index in [9.17, 15) is 4.79 Å². The summed E-state index contributed by atoms with van der Waals surface area (Å²) < 4.78 is 5.22. The first-order valence-corrected chi connectivity index (χ1v) is 16.1. The summed E-state index contributed by atoms with van der Waals surface area (Å²) in [5.74, 6) is 0.746. The normalized spacial score (nSPS) is 20.9. The van der Waals surface area contributed by atoms with E-state index in [1.807, 2.05) is 13.0 Å².